The molecule has 6 nitrogen and oxygen atoms in total. The number of rotatable bonds is 3. The van der Waals surface area contributed by atoms with Crippen molar-refractivity contribution in [2.45, 2.75) is 58.5 Å². The second-order valence-corrected chi connectivity index (χ2v) is 8.25. The number of carbonyl (C=O) groups excluding carboxylic acids is 1. The van der Waals surface area contributed by atoms with Crippen molar-refractivity contribution in [3.8, 4) is 0 Å². The molecule has 0 aliphatic carbocycles. The summed E-state index contributed by atoms with van der Waals surface area (Å²) < 4.78 is 1.92. The van der Waals surface area contributed by atoms with Gasteiger partial charge in [-0.1, -0.05) is 13.8 Å². The Balaban J connectivity index is 1.73. The van der Waals surface area contributed by atoms with Gasteiger partial charge in [0.15, 0.2) is 5.65 Å². The van der Waals surface area contributed by atoms with Crippen molar-refractivity contribution in [3.05, 3.63) is 23.5 Å². The Morgan fingerprint density at radius 3 is 2.73 bits per heavy atom. The number of aromatic nitrogens is 3. The van der Waals surface area contributed by atoms with Gasteiger partial charge < -0.3 is 4.90 Å². The van der Waals surface area contributed by atoms with Gasteiger partial charge >= 0.3 is 0 Å². The Kier molecular flexibility index (Phi) is 4.47. The molecule has 0 spiro atoms. The molecule has 0 radical (unpaired) electrons. The molecule has 1 atom stereocenters. The van der Waals surface area contributed by atoms with Crippen molar-refractivity contribution < 1.29 is 4.79 Å². The zero-order valence-electron chi connectivity index (χ0n) is 16.3. The lowest BCUT2D eigenvalue weighted by Crippen LogP contribution is -2.52. The lowest BCUT2D eigenvalue weighted by Gasteiger charge is -2.37. The van der Waals surface area contributed by atoms with Crippen LogP contribution in [0.4, 0.5) is 0 Å². The minimum Gasteiger partial charge on any atom is -0.336 e. The predicted octanol–water partition coefficient (Wildman–Crippen LogP) is 3.06. The fraction of sp³-hybridized carbons (Fsp3) is 0.650. The van der Waals surface area contributed by atoms with Gasteiger partial charge in [-0.3, -0.25) is 9.69 Å². The van der Waals surface area contributed by atoms with E-state index in [-0.39, 0.29) is 17.9 Å². The first kappa shape index (κ1) is 17.5. The van der Waals surface area contributed by atoms with Crippen molar-refractivity contribution in [3.63, 3.8) is 0 Å². The minimum atomic E-state index is 0.133. The van der Waals surface area contributed by atoms with Gasteiger partial charge in [-0.05, 0) is 45.2 Å². The van der Waals surface area contributed by atoms with Crippen LogP contribution in [-0.2, 0) is 0 Å². The van der Waals surface area contributed by atoms with Gasteiger partial charge in [0, 0.05) is 37.4 Å². The van der Waals surface area contributed by atoms with E-state index in [9.17, 15) is 4.79 Å². The summed E-state index contributed by atoms with van der Waals surface area (Å²) in [6.45, 7) is 12.3. The maximum absolute atomic E-state index is 13.4. The van der Waals surface area contributed by atoms with E-state index in [1.165, 1.54) is 19.4 Å². The van der Waals surface area contributed by atoms with Gasteiger partial charge in [-0.15, -0.1) is 0 Å². The topological polar surface area (TPSA) is 54.3 Å². The Hall–Kier alpha value is -1.95. The molecule has 2 saturated heterocycles. The summed E-state index contributed by atoms with van der Waals surface area (Å²) in [4.78, 5) is 22.8. The Bertz CT molecular complexity index is 825. The van der Waals surface area contributed by atoms with E-state index in [1.807, 2.05) is 21.8 Å². The second-order valence-electron chi connectivity index (χ2n) is 8.25. The van der Waals surface area contributed by atoms with Crippen LogP contribution in [0.5, 0.6) is 0 Å². The Labute approximate surface area is 155 Å². The van der Waals surface area contributed by atoms with Gasteiger partial charge in [0.1, 0.15) is 0 Å². The van der Waals surface area contributed by atoms with E-state index in [0.29, 0.717) is 6.04 Å². The highest BCUT2D eigenvalue weighted by Crippen LogP contribution is 2.27. The third-order valence-electron chi connectivity index (χ3n) is 5.77. The van der Waals surface area contributed by atoms with Crippen LogP contribution in [0.25, 0.3) is 11.0 Å². The number of nitrogens with zero attached hydrogens (tertiary/aromatic N) is 5. The fourth-order valence-corrected chi connectivity index (χ4v) is 4.23. The molecule has 2 fully saturated rings. The number of hydrogen-bond acceptors (Lipinski definition) is 4. The standard InChI is InChI=1S/C20H29N5O/c1-13(2)18-10-16(17-11-21-25(14(3)4)19(17)22-18)20(26)24-9-8-23-7-5-6-15(23)12-24/h10-11,13-15H,5-9,12H2,1-4H3. The Morgan fingerprint density at radius 2 is 2.00 bits per heavy atom. The smallest absolute Gasteiger partial charge is 0.254 e. The third kappa shape index (κ3) is 2.90. The number of fused-ring (bicyclic) bond motifs is 2. The molecule has 0 saturated carbocycles. The fourth-order valence-electron chi connectivity index (χ4n) is 4.23. The average molecular weight is 355 g/mol. The molecule has 0 N–H and O–H groups in total. The van der Waals surface area contributed by atoms with Crippen molar-refractivity contribution in [2.75, 3.05) is 26.2 Å². The first-order chi connectivity index (χ1) is 12.5. The molecule has 26 heavy (non-hydrogen) atoms. The summed E-state index contributed by atoms with van der Waals surface area (Å²) in [6.07, 6.45) is 4.27. The summed E-state index contributed by atoms with van der Waals surface area (Å²) in [7, 11) is 0. The van der Waals surface area contributed by atoms with Crippen LogP contribution < -0.4 is 0 Å². The molecule has 1 amide bonds. The van der Waals surface area contributed by atoms with Crippen LogP contribution in [0.1, 0.15) is 68.5 Å². The van der Waals surface area contributed by atoms with Gasteiger partial charge in [0.2, 0.25) is 0 Å². The quantitative estimate of drug-likeness (QED) is 0.849. The molecule has 2 aliphatic heterocycles. The van der Waals surface area contributed by atoms with Crippen LogP contribution in [0.3, 0.4) is 0 Å². The summed E-state index contributed by atoms with van der Waals surface area (Å²) in [5.74, 6) is 0.405. The lowest BCUT2D eigenvalue weighted by atomic mass is 10.0. The van der Waals surface area contributed by atoms with Gasteiger partial charge in [0.25, 0.3) is 5.91 Å². The summed E-state index contributed by atoms with van der Waals surface area (Å²) in [6, 6.07) is 2.74. The zero-order valence-corrected chi connectivity index (χ0v) is 16.3. The molecular formula is C20H29N5O. The SMILES string of the molecule is CC(C)c1cc(C(=O)N2CCN3CCCC3C2)c2cnn(C(C)C)c2n1. The molecule has 4 heterocycles. The van der Waals surface area contributed by atoms with Gasteiger partial charge in [-0.25, -0.2) is 9.67 Å². The normalized spacial score (nSPS) is 21.2. The van der Waals surface area contributed by atoms with Crippen molar-refractivity contribution in [1.82, 2.24) is 24.6 Å². The third-order valence-corrected chi connectivity index (χ3v) is 5.77. The molecule has 0 aromatic carbocycles. The minimum absolute atomic E-state index is 0.133. The molecule has 2 aromatic rings. The summed E-state index contributed by atoms with van der Waals surface area (Å²) >= 11 is 0. The van der Waals surface area contributed by atoms with E-state index >= 15 is 0 Å². The first-order valence-corrected chi connectivity index (χ1v) is 9.87. The summed E-state index contributed by atoms with van der Waals surface area (Å²) in [5.41, 5.74) is 2.55. The van der Waals surface area contributed by atoms with E-state index in [0.717, 1.165) is 41.9 Å². The van der Waals surface area contributed by atoms with Crippen molar-refractivity contribution in [2.24, 2.45) is 0 Å². The van der Waals surface area contributed by atoms with E-state index in [4.69, 9.17) is 4.98 Å². The highest BCUT2D eigenvalue weighted by molar-refractivity contribution is 6.05. The Morgan fingerprint density at radius 1 is 1.19 bits per heavy atom. The largest absolute Gasteiger partial charge is 0.336 e. The van der Waals surface area contributed by atoms with Crippen LogP contribution in [0.15, 0.2) is 12.3 Å². The number of hydrogen-bond donors (Lipinski definition) is 0. The lowest BCUT2D eigenvalue weighted by molar-refractivity contribution is 0.0573. The van der Waals surface area contributed by atoms with Crippen LogP contribution in [0.2, 0.25) is 0 Å². The molecule has 1 unspecified atom stereocenters. The van der Waals surface area contributed by atoms with Crippen LogP contribution in [0, 0.1) is 0 Å². The maximum Gasteiger partial charge on any atom is 0.254 e. The molecule has 0 bridgehead atoms. The molecular weight excluding hydrogens is 326 g/mol. The average Bonchev–Trinajstić information content (AvgIpc) is 3.25. The number of pyridine rings is 1. The molecule has 140 valence electrons. The number of amides is 1. The monoisotopic (exact) mass is 355 g/mol. The van der Waals surface area contributed by atoms with E-state index < -0.39 is 0 Å². The predicted molar refractivity (Wildman–Crippen MR) is 103 cm³/mol. The zero-order chi connectivity index (χ0) is 18.4. The van der Waals surface area contributed by atoms with E-state index in [2.05, 4.69) is 37.7 Å². The summed E-state index contributed by atoms with van der Waals surface area (Å²) in [5, 5.41) is 5.39. The van der Waals surface area contributed by atoms with Crippen molar-refractivity contribution >= 4 is 16.9 Å². The molecule has 6 heteroatoms. The number of carbonyl (C=O) groups is 1. The second kappa shape index (κ2) is 6.65. The molecule has 2 aliphatic rings. The van der Waals surface area contributed by atoms with Crippen LogP contribution in [-0.4, -0.2) is 62.7 Å². The van der Waals surface area contributed by atoms with Crippen LogP contribution >= 0.6 is 0 Å². The first-order valence-electron chi connectivity index (χ1n) is 9.87. The van der Waals surface area contributed by atoms with Crippen molar-refractivity contribution in [1.29, 1.82) is 0 Å². The molecule has 4 rings (SSSR count). The molecule has 2 aromatic heterocycles. The highest BCUT2D eigenvalue weighted by atomic mass is 16.2. The highest BCUT2D eigenvalue weighted by Gasteiger charge is 2.33. The van der Waals surface area contributed by atoms with E-state index in [1.54, 1.807) is 0 Å². The van der Waals surface area contributed by atoms with Gasteiger partial charge in [0.05, 0.1) is 17.1 Å². The maximum atomic E-state index is 13.4. The van der Waals surface area contributed by atoms with Gasteiger partial charge in [-0.2, -0.15) is 5.10 Å². The number of piperazine rings is 1.